The molecule has 0 spiro atoms. The van der Waals surface area contributed by atoms with Crippen LogP contribution in [0, 0.1) is 6.92 Å². The average molecular weight is 653 g/mol. The summed E-state index contributed by atoms with van der Waals surface area (Å²) in [6.45, 7) is 2.01. The first-order chi connectivity index (χ1) is 25.2. The molecule has 0 atom stereocenters. The normalized spacial score (nSPS) is 11.2. The number of fused-ring (bicyclic) bond motifs is 2. The third kappa shape index (κ3) is 5.94. The standard InChI is InChI=1S/C47H32N4/c1-31-23-24-38(30-48-31)34-19-12-20-35(25-34)39-27-40(44-42-21-10-8-17-36(42)26-37-18-9-11-22-43(37)44)29-41(28-39)47-50-45(32-13-4-2-5-14-32)49-46(51-47)33-15-6-3-7-16-33/h2-30H,1H3. The van der Waals surface area contributed by atoms with Gasteiger partial charge in [-0.3, -0.25) is 4.98 Å². The van der Waals surface area contributed by atoms with Crippen LogP contribution in [-0.4, -0.2) is 19.9 Å². The van der Waals surface area contributed by atoms with Gasteiger partial charge in [-0.15, -0.1) is 0 Å². The van der Waals surface area contributed by atoms with E-state index in [2.05, 4.69) is 114 Å². The highest BCUT2D eigenvalue weighted by Crippen LogP contribution is 2.40. The highest BCUT2D eigenvalue weighted by Gasteiger charge is 2.17. The van der Waals surface area contributed by atoms with Gasteiger partial charge in [0.25, 0.3) is 0 Å². The third-order valence-corrected chi connectivity index (χ3v) is 9.39. The van der Waals surface area contributed by atoms with Crippen molar-refractivity contribution in [2.75, 3.05) is 0 Å². The van der Waals surface area contributed by atoms with Crippen LogP contribution in [0.3, 0.4) is 0 Å². The van der Waals surface area contributed by atoms with Gasteiger partial charge < -0.3 is 0 Å². The average Bonchev–Trinajstić information content (AvgIpc) is 3.20. The lowest BCUT2D eigenvalue weighted by atomic mass is 9.89. The Bertz CT molecular complexity index is 2570. The fraction of sp³-hybridized carbons (Fsp3) is 0.0213. The number of hydrogen-bond acceptors (Lipinski definition) is 4. The number of benzene rings is 7. The van der Waals surface area contributed by atoms with Crippen LogP contribution in [0.25, 0.3) is 89.1 Å². The lowest BCUT2D eigenvalue weighted by Crippen LogP contribution is -2.00. The highest BCUT2D eigenvalue weighted by atomic mass is 15.0. The molecule has 0 radical (unpaired) electrons. The summed E-state index contributed by atoms with van der Waals surface area (Å²) in [5.74, 6) is 1.89. The Balaban J connectivity index is 1.32. The predicted octanol–water partition coefficient (Wildman–Crippen LogP) is 11.9. The summed E-state index contributed by atoms with van der Waals surface area (Å²) < 4.78 is 0. The number of aromatic nitrogens is 4. The van der Waals surface area contributed by atoms with Crippen molar-refractivity contribution in [1.29, 1.82) is 0 Å². The highest BCUT2D eigenvalue weighted by molar-refractivity contribution is 6.13. The van der Waals surface area contributed by atoms with Crippen LogP contribution in [0.15, 0.2) is 176 Å². The number of hydrogen-bond donors (Lipinski definition) is 0. The second-order valence-corrected chi connectivity index (χ2v) is 12.8. The molecule has 0 aliphatic rings. The smallest absolute Gasteiger partial charge is 0.164 e. The Hall–Kier alpha value is -6.78. The molecule has 0 fully saturated rings. The molecule has 51 heavy (non-hydrogen) atoms. The van der Waals surface area contributed by atoms with Crippen molar-refractivity contribution in [3.63, 3.8) is 0 Å². The maximum absolute atomic E-state index is 5.14. The van der Waals surface area contributed by atoms with Gasteiger partial charge in [0.05, 0.1) is 0 Å². The molecule has 240 valence electrons. The second kappa shape index (κ2) is 12.9. The topological polar surface area (TPSA) is 51.6 Å². The van der Waals surface area contributed by atoms with Gasteiger partial charge in [0.1, 0.15) is 0 Å². The molecule has 0 amide bonds. The first kappa shape index (κ1) is 30.3. The van der Waals surface area contributed by atoms with E-state index in [1.54, 1.807) is 0 Å². The first-order valence-corrected chi connectivity index (χ1v) is 17.1. The van der Waals surface area contributed by atoms with E-state index in [1.807, 2.05) is 73.8 Å². The van der Waals surface area contributed by atoms with E-state index in [0.29, 0.717) is 17.5 Å². The SMILES string of the molecule is Cc1ccc(-c2cccc(-c3cc(-c4nc(-c5ccccc5)nc(-c5ccccc5)n4)cc(-c4c5ccccc5cc5ccccc45)c3)c2)cn1. The van der Waals surface area contributed by atoms with Gasteiger partial charge in [0.15, 0.2) is 17.5 Å². The minimum atomic E-state index is 0.620. The largest absolute Gasteiger partial charge is 0.261 e. The summed E-state index contributed by atoms with van der Waals surface area (Å²) in [4.78, 5) is 19.8. The van der Waals surface area contributed by atoms with Crippen LogP contribution in [0.2, 0.25) is 0 Å². The van der Waals surface area contributed by atoms with Crippen molar-refractivity contribution >= 4 is 21.5 Å². The van der Waals surface area contributed by atoms with Crippen LogP contribution < -0.4 is 0 Å². The van der Waals surface area contributed by atoms with E-state index in [4.69, 9.17) is 15.0 Å². The Morgan fingerprint density at radius 2 is 0.804 bits per heavy atom. The summed E-state index contributed by atoms with van der Waals surface area (Å²) in [5.41, 5.74) is 10.4. The number of pyridine rings is 1. The fourth-order valence-electron chi connectivity index (χ4n) is 6.85. The quantitative estimate of drug-likeness (QED) is 0.168. The molecule has 0 aliphatic heterocycles. The summed E-state index contributed by atoms with van der Waals surface area (Å²) in [6.07, 6.45) is 1.94. The molecule has 2 heterocycles. The van der Waals surface area contributed by atoms with Gasteiger partial charge in [-0.2, -0.15) is 0 Å². The van der Waals surface area contributed by atoms with Gasteiger partial charge in [-0.05, 0) is 92.7 Å². The first-order valence-electron chi connectivity index (χ1n) is 17.1. The van der Waals surface area contributed by atoms with Gasteiger partial charge >= 0.3 is 0 Å². The van der Waals surface area contributed by atoms with Crippen LogP contribution >= 0.6 is 0 Å². The van der Waals surface area contributed by atoms with Crippen LogP contribution in [-0.2, 0) is 0 Å². The maximum atomic E-state index is 5.14. The lowest BCUT2D eigenvalue weighted by Gasteiger charge is -2.16. The van der Waals surface area contributed by atoms with Crippen molar-refractivity contribution in [3.05, 3.63) is 182 Å². The van der Waals surface area contributed by atoms with Crippen molar-refractivity contribution < 1.29 is 0 Å². The molecule has 0 bridgehead atoms. The molecule has 0 saturated carbocycles. The zero-order valence-corrected chi connectivity index (χ0v) is 28.0. The number of aryl methyl sites for hydroxylation is 1. The third-order valence-electron chi connectivity index (χ3n) is 9.39. The van der Waals surface area contributed by atoms with Crippen molar-refractivity contribution in [2.24, 2.45) is 0 Å². The van der Waals surface area contributed by atoms with E-state index in [-0.39, 0.29) is 0 Å². The summed E-state index contributed by atoms with van der Waals surface area (Å²) in [5, 5.41) is 4.79. The number of nitrogens with zero attached hydrogens (tertiary/aromatic N) is 4. The van der Waals surface area contributed by atoms with Gasteiger partial charge in [0.2, 0.25) is 0 Å². The Morgan fingerprint density at radius 1 is 0.333 bits per heavy atom. The monoisotopic (exact) mass is 652 g/mol. The molecule has 9 aromatic rings. The summed E-state index contributed by atoms with van der Waals surface area (Å²) >= 11 is 0. The molecule has 0 unspecified atom stereocenters. The van der Waals surface area contributed by atoms with Gasteiger partial charge in [-0.1, -0.05) is 133 Å². The lowest BCUT2D eigenvalue weighted by molar-refractivity contribution is 1.07. The van der Waals surface area contributed by atoms with Crippen LogP contribution in [0.5, 0.6) is 0 Å². The number of rotatable bonds is 6. The molecular formula is C47H32N4. The van der Waals surface area contributed by atoms with Crippen molar-refractivity contribution in [3.8, 4) is 67.5 Å². The zero-order chi connectivity index (χ0) is 34.1. The van der Waals surface area contributed by atoms with Crippen molar-refractivity contribution in [1.82, 2.24) is 19.9 Å². The molecule has 7 aromatic carbocycles. The predicted molar refractivity (Wildman–Crippen MR) is 210 cm³/mol. The Morgan fingerprint density at radius 3 is 1.39 bits per heavy atom. The molecule has 0 saturated heterocycles. The van der Waals surface area contributed by atoms with E-state index in [9.17, 15) is 0 Å². The van der Waals surface area contributed by atoms with Gasteiger partial charge in [0, 0.05) is 34.1 Å². The van der Waals surface area contributed by atoms with E-state index in [0.717, 1.165) is 50.2 Å². The molecule has 2 aromatic heterocycles. The van der Waals surface area contributed by atoms with E-state index < -0.39 is 0 Å². The summed E-state index contributed by atoms with van der Waals surface area (Å²) in [7, 11) is 0. The zero-order valence-electron chi connectivity index (χ0n) is 28.0. The second-order valence-electron chi connectivity index (χ2n) is 12.8. The van der Waals surface area contributed by atoms with Crippen LogP contribution in [0.1, 0.15) is 5.69 Å². The van der Waals surface area contributed by atoms with Gasteiger partial charge in [-0.25, -0.2) is 15.0 Å². The minimum Gasteiger partial charge on any atom is -0.261 e. The molecule has 4 nitrogen and oxygen atoms in total. The molecule has 0 aliphatic carbocycles. The van der Waals surface area contributed by atoms with Crippen LogP contribution in [0.4, 0.5) is 0 Å². The minimum absolute atomic E-state index is 0.620. The van der Waals surface area contributed by atoms with E-state index in [1.165, 1.54) is 27.1 Å². The Kier molecular flexibility index (Phi) is 7.67. The van der Waals surface area contributed by atoms with Crippen molar-refractivity contribution in [2.45, 2.75) is 6.92 Å². The molecule has 0 N–H and O–H groups in total. The van der Waals surface area contributed by atoms with E-state index >= 15 is 0 Å². The molecule has 9 rings (SSSR count). The molecule has 4 heteroatoms. The molecular weight excluding hydrogens is 621 g/mol. The Labute approximate surface area is 296 Å². The fourth-order valence-corrected chi connectivity index (χ4v) is 6.85. The summed E-state index contributed by atoms with van der Waals surface area (Å²) in [6, 6.07) is 59.4. The maximum Gasteiger partial charge on any atom is 0.164 e.